The lowest BCUT2D eigenvalue weighted by Crippen LogP contribution is -2.11. The van der Waals surface area contributed by atoms with Crippen molar-refractivity contribution in [3.8, 4) is 22.3 Å². The second-order valence-corrected chi connectivity index (χ2v) is 8.94. The van der Waals surface area contributed by atoms with E-state index < -0.39 is 54.4 Å². The molecule has 7 rings (SSSR count). The van der Waals surface area contributed by atoms with E-state index in [0.29, 0.717) is 27.8 Å². The van der Waals surface area contributed by atoms with Crippen molar-refractivity contribution in [2.45, 2.75) is 0 Å². The Labute approximate surface area is 244 Å². The molecule has 0 bridgehead atoms. The summed E-state index contributed by atoms with van der Waals surface area (Å²) in [7, 11) is 0. The molecule has 0 saturated carbocycles. The second kappa shape index (κ2) is 9.96. The normalized spacial score (nSPS) is 15.0. The lowest BCUT2D eigenvalue weighted by atomic mass is 9.97. The summed E-state index contributed by atoms with van der Waals surface area (Å²) in [6.45, 7) is 0. The van der Waals surface area contributed by atoms with Crippen LogP contribution in [0.1, 0.15) is 15.1 Å². The van der Waals surface area contributed by atoms with Crippen LogP contribution in [0.15, 0.2) is 164 Å². The quantitative estimate of drug-likeness (QED) is 0.223. The topological polar surface area (TPSA) is 3.24 Å². The van der Waals surface area contributed by atoms with E-state index in [9.17, 15) is 4.11 Å². The summed E-state index contributed by atoms with van der Waals surface area (Å²) < 4.78 is 98.5. The number of hydrogen-bond acceptors (Lipinski definition) is 1. The summed E-state index contributed by atoms with van der Waals surface area (Å²) in [5.74, 6) is 0. The van der Waals surface area contributed by atoms with Crippen molar-refractivity contribution in [1.29, 1.82) is 0 Å². The molecule has 0 aliphatic carbocycles. The Morgan fingerprint density at radius 2 is 1.15 bits per heavy atom. The molecule has 0 fully saturated rings. The van der Waals surface area contributed by atoms with Gasteiger partial charge >= 0.3 is 0 Å². The van der Waals surface area contributed by atoms with Crippen molar-refractivity contribution in [3.63, 3.8) is 0 Å². The van der Waals surface area contributed by atoms with Gasteiger partial charge in [-0.25, -0.2) is 0 Å². The Morgan fingerprint density at radius 3 is 2.10 bits per heavy atom. The molecule has 184 valence electrons. The van der Waals surface area contributed by atoms with Gasteiger partial charge in [0.15, 0.2) is 0 Å². The van der Waals surface area contributed by atoms with Gasteiger partial charge in [-0.15, -0.1) is 0 Å². The van der Waals surface area contributed by atoms with E-state index >= 15 is 0 Å². The van der Waals surface area contributed by atoms with Crippen LogP contribution in [-0.2, 0) is 0 Å². The van der Waals surface area contributed by atoms with E-state index in [0.717, 1.165) is 5.39 Å². The molecular weight excluding hydrogens is 470 g/mol. The van der Waals surface area contributed by atoms with Crippen LogP contribution in [0, 0.1) is 0 Å². The highest BCUT2D eigenvalue weighted by Crippen LogP contribution is 2.44. The Balaban J connectivity index is 1.72. The highest BCUT2D eigenvalue weighted by molar-refractivity contribution is 6.02. The minimum absolute atomic E-state index is 0.0564. The SMILES string of the molecule is [2H]c1c([2H])c(-c2cccc3ccccc23)c([2H])c(N(c2ccccc2-c2ccccc2)c2c([2H])c([2H])c([2H])c3c([2H])c([2H])c([2H])c([2H])c23)c1[2H]. The Bertz CT molecular complexity index is 2500. The monoisotopic (exact) mass is 508 g/mol. The van der Waals surface area contributed by atoms with E-state index in [1.807, 2.05) is 60.7 Å². The first-order chi connectivity index (χ1) is 24.0. The van der Waals surface area contributed by atoms with Crippen LogP contribution < -0.4 is 4.90 Å². The van der Waals surface area contributed by atoms with Crippen molar-refractivity contribution in [2.75, 3.05) is 4.90 Å². The molecule has 0 N–H and O–H groups in total. The van der Waals surface area contributed by atoms with Crippen molar-refractivity contribution >= 4 is 38.6 Å². The van der Waals surface area contributed by atoms with E-state index in [2.05, 4.69) is 0 Å². The van der Waals surface area contributed by atoms with Gasteiger partial charge in [-0.2, -0.15) is 0 Å². The van der Waals surface area contributed by atoms with Gasteiger partial charge in [0.1, 0.15) is 0 Å². The summed E-state index contributed by atoms with van der Waals surface area (Å²) in [5.41, 5.74) is 1.63. The maximum atomic E-state index is 9.73. The number of fused-ring (bicyclic) bond motifs is 2. The maximum Gasteiger partial charge on any atom is 0.0651 e. The van der Waals surface area contributed by atoms with E-state index in [1.54, 1.807) is 36.4 Å². The molecule has 0 aliphatic rings. The van der Waals surface area contributed by atoms with Crippen molar-refractivity contribution in [1.82, 2.24) is 0 Å². The second-order valence-electron chi connectivity index (χ2n) is 8.94. The first kappa shape index (κ1) is 14.1. The average Bonchev–Trinajstić information content (AvgIpc) is 3.14. The van der Waals surface area contributed by atoms with Gasteiger partial charge in [-0.3, -0.25) is 0 Å². The number of nitrogens with zero attached hydrogens (tertiary/aromatic N) is 1. The predicted octanol–water partition coefficient (Wildman–Crippen LogP) is 10.8. The average molecular weight is 509 g/mol. The third-order valence-electron chi connectivity index (χ3n) is 6.64. The molecule has 0 unspecified atom stereocenters. The van der Waals surface area contributed by atoms with E-state index in [4.69, 9.17) is 11.0 Å². The highest BCUT2D eigenvalue weighted by Gasteiger charge is 2.19. The molecule has 1 heteroatoms. The zero-order chi connectivity index (χ0) is 35.6. The molecule has 39 heavy (non-hydrogen) atoms. The predicted molar refractivity (Wildman–Crippen MR) is 167 cm³/mol. The lowest BCUT2D eigenvalue weighted by molar-refractivity contribution is 1.30. The number of hydrogen-bond donors (Lipinski definition) is 0. The van der Waals surface area contributed by atoms with Gasteiger partial charge in [-0.05, 0) is 57.0 Å². The zero-order valence-corrected chi connectivity index (χ0v) is 20.7. The molecule has 1 nitrogen and oxygen atoms in total. The molecule has 7 aromatic carbocycles. The van der Waals surface area contributed by atoms with E-state index in [1.165, 1.54) is 4.90 Å². The Morgan fingerprint density at radius 1 is 0.436 bits per heavy atom. The Kier molecular flexibility index (Phi) is 3.61. The smallest absolute Gasteiger partial charge is 0.0651 e. The van der Waals surface area contributed by atoms with Crippen molar-refractivity contribution < 1.29 is 15.1 Å². The summed E-state index contributed by atoms with van der Waals surface area (Å²) in [6, 6.07) is 23.2. The van der Waals surface area contributed by atoms with Crippen molar-refractivity contribution in [3.05, 3.63) is 164 Å². The molecule has 7 aromatic rings. The Hall–Kier alpha value is -5.14. The molecule has 0 radical (unpaired) electrons. The largest absolute Gasteiger partial charge is 0.309 e. The third kappa shape index (κ3) is 4.24. The molecule has 0 amide bonds. The molecule has 0 aliphatic heterocycles. The fraction of sp³-hybridized carbons (Fsp3) is 0. The van der Waals surface area contributed by atoms with Crippen molar-refractivity contribution in [2.24, 2.45) is 0 Å². The van der Waals surface area contributed by atoms with Gasteiger partial charge in [0.2, 0.25) is 0 Å². The van der Waals surface area contributed by atoms with Crippen LogP contribution in [0.5, 0.6) is 0 Å². The third-order valence-corrected chi connectivity index (χ3v) is 6.64. The number of para-hydroxylation sites is 1. The molecule has 0 saturated heterocycles. The number of anilines is 3. The van der Waals surface area contributed by atoms with E-state index in [-0.39, 0.29) is 39.8 Å². The van der Waals surface area contributed by atoms with Crippen LogP contribution in [0.3, 0.4) is 0 Å². The minimum Gasteiger partial charge on any atom is -0.309 e. The first-order valence-electron chi connectivity index (χ1n) is 18.0. The summed E-state index contributed by atoms with van der Waals surface area (Å²) in [4.78, 5) is 1.34. The van der Waals surface area contributed by atoms with Crippen LogP contribution in [0.4, 0.5) is 17.1 Å². The fourth-order valence-electron chi connectivity index (χ4n) is 4.87. The minimum atomic E-state index is -0.618. The number of benzene rings is 7. The van der Waals surface area contributed by atoms with Gasteiger partial charge < -0.3 is 4.90 Å². The molecule has 0 atom stereocenters. The molecular formula is C38H27N. The standard InChI is InChI=1S/C38H27N/c1-2-13-29(14-3-1)35-23-8-9-25-37(35)39(38-26-12-18-30-16-5-7-22-36(30)38)32-20-10-19-31(27-32)34-24-11-17-28-15-4-6-21-33(28)34/h1-27H/i5D,7D,10D,12D,16D,18D,19D,20D,22D,26D,27D. The van der Waals surface area contributed by atoms with Gasteiger partial charge in [0, 0.05) is 16.6 Å². The maximum absolute atomic E-state index is 9.73. The van der Waals surface area contributed by atoms with Crippen LogP contribution in [-0.4, -0.2) is 0 Å². The summed E-state index contributed by atoms with van der Waals surface area (Å²) in [5, 5.41) is 1.02. The molecule has 0 heterocycles. The zero-order valence-electron chi connectivity index (χ0n) is 31.7. The summed E-state index contributed by atoms with van der Waals surface area (Å²) in [6.07, 6.45) is 0. The lowest BCUT2D eigenvalue weighted by Gasteiger charge is -2.29. The van der Waals surface area contributed by atoms with Crippen LogP contribution >= 0.6 is 0 Å². The number of rotatable bonds is 5. The van der Waals surface area contributed by atoms with Gasteiger partial charge in [0.25, 0.3) is 0 Å². The summed E-state index contributed by atoms with van der Waals surface area (Å²) >= 11 is 0. The fourth-order valence-corrected chi connectivity index (χ4v) is 4.87. The van der Waals surface area contributed by atoms with Crippen LogP contribution in [0.25, 0.3) is 43.8 Å². The van der Waals surface area contributed by atoms with Gasteiger partial charge in [0.05, 0.1) is 26.5 Å². The van der Waals surface area contributed by atoms with Gasteiger partial charge in [-0.1, -0.05) is 139 Å². The van der Waals surface area contributed by atoms with Crippen LogP contribution in [0.2, 0.25) is 0 Å². The highest BCUT2D eigenvalue weighted by atomic mass is 15.1. The molecule has 0 spiro atoms. The molecule has 0 aromatic heterocycles. The first-order valence-corrected chi connectivity index (χ1v) is 12.5.